The van der Waals surface area contributed by atoms with Crippen LogP contribution in [-0.2, 0) is 4.74 Å². The Morgan fingerprint density at radius 1 is 0.950 bits per heavy atom. The van der Waals surface area contributed by atoms with Crippen molar-refractivity contribution in [3.8, 4) is 0 Å². The van der Waals surface area contributed by atoms with E-state index in [-0.39, 0.29) is 0 Å². The largest absolute Gasteiger partial charge is 0.381 e. The van der Waals surface area contributed by atoms with Gasteiger partial charge < -0.3 is 14.5 Å². The molecule has 0 unspecified atom stereocenters. The molecule has 0 atom stereocenters. The minimum Gasteiger partial charge on any atom is -0.381 e. The Morgan fingerprint density at radius 3 is 2.00 bits per heavy atom. The number of hydrogen-bond donors (Lipinski definition) is 0. The fourth-order valence-electron chi connectivity index (χ4n) is 3.02. The molecule has 0 aromatic heterocycles. The highest BCUT2D eigenvalue weighted by Crippen LogP contribution is 2.33. The molecule has 0 spiro atoms. The molecule has 0 aromatic carbocycles. The van der Waals surface area contributed by atoms with E-state index < -0.39 is 0 Å². The van der Waals surface area contributed by atoms with Gasteiger partial charge in [-0.25, -0.2) is 0 Å². The molecule has 1 heterocycles. The summed E-state index contributed by atoms with van der Waals surface area (Å²) < 4.78 is 5.54. The summed E-state index contributed by atoms with van der Waals surface area (Å²) in [6.07, 6.45) is 3.68. The molecule has 1 aliphatic rings. The summed E-state index contributed by atoms with van der Waals surface area (Å²) in [5.41, 5.74) is 0.434. The highest BCUT2D eigenvalue weighted by Gasteiger charge is 2.33. The molecule has 0 aliphatic carbocycles. The number of halogens is 1. The summed E-state index contributed by atoms with van der Waals surface area (Å²) in [5, 5.41) is 1.11. The monoisotopic (exact) mass is 348 g/mol. The molecule has 4 heteroatoms. The van der Waals surface area contributed by atoms with Gasteiger partial charge in [0.2, 0.25) is 0 Å². The standard InChI is InChI=1S/C16H33BrN2O/c1-4-18(5-2)10-7-11-19(6-3)15-16(14-17)8-12-20-13-9-16/h4-15H2,1-3H3. The highest BCUT2D eigenvalue weighted by molar-refractivity contribution is 9.09. The number of nitrogens with zero attached hydrogens (tertiary/aromatic N) is 2. The first kappa shape index (κ1) is 18.4. The second-order valence-electron chi connectivity index (χ2n) is 6.00. The zero-order chi connectivity index (χ0) is 14.8. The van der Waals surface area contributed by atoms with E-state index in [1.54, 1.807) is 0 Å². The molecule has 1 aliphatic heterocycles. The van der Waals surface area contributed by atoms with Gasteiger partial charge in [-0.15, -0.1) is 0 Å². The van der Waals surface area contributed by atoms with E-state index in [1.807, 2.05) is 0 Å². The van der Waals surface area contributed by atoms with Gasteiger partial charge in [0.15, 0.2) is 0 Å². The first-order valence-corrected chi connectivity index (χ1v) is 9.40. The van der Waals surface area contributed by atoms with E-state index in [9.17, 15) is 0 Å². The second kappa shape index (κ2) is 10.1. The van der Waals surface area contributed by atoms with Crippen molar-refractivity contribution in [3.05, 3.63) is 0 Å². The zero-order valence-corrected chi connectivity index (χ0v) is 15.3. The van der Waals surface area contributed by atoms with Crippen LogP contribution >= 0.6 is 15.9 Å². The number of ether oxygens (including phenoxy) is 1. The Kier molecular flexibility index (Phi) is 9.34. The van der Waals surface area contributed by atoms with Gasteiger partial charge in [0, 0.05) is 25.1 Å². The normalized spacial score (nSPS) is 18.9. The number of alkyl halides is 1. The molecule has 0 bridgehead atoms. The molecular formula is C16H33BrN2O. The molecule has 0 saturated carbocycles. The van der Waals surface area contributed by atoms with Crippen LogP contribution in [0.1, 0.15) is 40.0 Å². The van der Waals surface area contributed by atoms with Gasteiger partial charge in [0.05, 0.1) is 0 Å². The van der Waals surface area contributed by atoms with Crippen molar-refractivity contribution in [2.45, 2.75) is 40.0 Å². The lowest BCUT2D eigenvalue weighted by Crippen LogP contribution is -2.43. The van der Waals surface area contributed by atoms with Crippen LogP contribution in [0.25, 0.3) is 0 Å². The molecular weight excluding hydrogens is 316 g/mol. The summed E-state index contributed by atoms with van der Waals surface area (Å²) in [4.78, 5) is 5.15. The molecule has 120 valence electrons. The van der Waals surface area contributed by atoms with E-state index in [4.69, 9.17) is 4.74 Å². The quantitative estimate of drug-likeness (QED) is 0.563. The van der Waals surface area contributed by atoms with Crippen LogP contribution in [0.15, 0.2) is 0 Å². The van der Waals surface area contributed by atoms with Crippen molar-refractivity contribution >= 4 is 15.9 Å². The third kappa shape index (κ3) is 6.00. The Balaban J connectivity index is 2.37. The number of hydrogen-bond acceptors (Lipinski definition) is 3. The SMILES string of the molecule is CCN(CC)CCCN(CC)CC1(CBr)CCOCC1. The van der Waals surface area contributed by atoms with Crippen LogP contribution in [-0.4, -0.2) is 67.6 Å². The Labute approximate surface area is 134 Å². The van der Waals surface area contributed by atoms with Gasteiger partial charge in [-0.05, 0) is 57.4 Å². The van der Waals surface area contributed by atoms with Gasteiger partial charge in [-0.3, -0.25) is 0 Å². The molecule has 0 aromatic rings. The molecule has 1 saturated heterocycles. The van der Waals surface area contributed by atoms with Crippen molar-refractivity contribution in [2.24, 2.45) is 5.41 Å². The number of rotatable bonds is 10. The molecule has 1 rings (SSSR count). The van der Waals surface area contributed by atoms with E-state index in [2.05, 4.69) is 46.5 Å². The van der Waals surface area contributed by atoms with Crippen LogP contribution in [0.5, 0.6) is 0 Å². The molecule has 0 amide bonds. The molecule has 0 N–H and O–H groups in total. The van der Waals surface area contributed by atoms with Crippen LogP contribution in [0.2, 0.25) is 0 Å². The lowest BCUT2D eigenvalue weighted by molar-refractivity contribution is 0.00844. The summed E-state index contributed by atoms with van der Waals surface area (Å²) in [6, 6.07) is 0. The smallest absolute Gasteiger partial charge is 0.0472 e. The van der Waals surface area contributed by atoms with Crippen molar-refractivity contribution in [1.29, 1.82) is 0 Å². The summed E-state index contributed by atoms with van der Waals surface area (Å²) >= 11 is 3.75. The average molecular weight is 349 g/mol. The third-order valence-electron chi connectivity index (χ3n) is 4.69. The summed E-state index contributed by atoms with van der Waals surface area (Å²) in [6.45, 7) is 15.8. The van der Waals surface area contributed by atoms with Gasteiger partial charge in [0.25, 0.3) is 0 Å². The van der Waals surface area contributed by atoms with Crippen molar-refractivity contribution in [1.82, 2.24) is 9.80 Å². The van der Waals surface area contributed by atoms with Crippen LogP contribution in [0.3, 0.4) is 0 Å². The van der Waals surface area contributed by atoms with Crippen LogP contribution < -0.4 is 0 Å². The molecule has 3 nitrogen and oxygen atoms in total. The Bertz CT molecular complexity index is 241. The zero-order valence-electron chi connectivity index (χ0n) is 13.7. The van der Waals surface area contributed by atoms with Gasteiger partial charge in [0.1, 0.15) is 0 Å². The van der Waals surface area contributed by atoms with Crippen molar-refractivity contribution in [2.75, 3.05) is 57.8 Å². The topological polar surface area (TPSA) is 15.7 Å². The second-order valence-corrected chi connectivity index (χ2v) is 6.56. The van der Waals surface area contributed by atoms with E-state index in [1.165, 1.54) is 52.0 Å². The first-order valence-electron chi connectivity index (χ1n) is 8.28. The summed E-state index contributed by atoms with van der Waals surface area (Å²) in [5.74, 6) is 0. The Hall–Kier alpha value is 0.360. The minimum absolute atomic E-state index is 0.434. The summed E-state index contributed by atoms with van der Waals surface area (Å²) in [7, 11) is 0. The van der Waals surface area contributed by atoms with Gasteiger partial charge in [-0.2, -0.15) is 0 Å². The maximum atomic E-state index is 5.54. The van der Waals surface area contributed by atoms with E-state index in [0.717, 1.165) is 25.1 Å². The third-order valence-corrected chi connectivity index (χ3v) is 5.88. The minimum atomic E-state index is 0.434. The fraction of sp³-hybridized carbons (Fsp3) is 1.00. The van der Waals surface area contributed by atoms with E-state index >= 15 is 0 Å². The predicted molar refractivity (Wildman–Crippen MR) is 90.8 cm³/mol. The van der Waals surface area contributed by atoms with Crippen molar-refractivity contribution in [3.63, 3.8) is 0 Å². The first-order chi connectivity index (χ1) is 9.69. The average Bonchev–Trinajstić information content (AvgIpc) is 2.51. The highest BCUT2D eigenvalue weighted by atomic mass is 79.9. The predicted octanol–water partition coefficient (Wildman–Crippen LogP) is 3.23. The van der Waals surface area contributed by atoms with Gasteiger partial charge >= 0.3 is 0 Å². The lowest BCUT2D eigenvalue weighted by atomic mass is 9.82. The molecule has 1 fully saturated rings. The fourth-order valence-corrected chi connectivity index (χ4v) is 3.76. The van der Waals surface area contributed by atoms with Crippen LogP contribution in [0, 0.1) is 5.41 Å². The van der Waals surface area contributed by atoms with Crippen molar-refractivity contribution < 1.29 is 4.74 Å². The van der Waals surface area contributed by atoms with E-state index in [0.29, 0.717) is 5.41 Å². The van der Waals surface area contributed by atoms with Gasteiger partial charge in [-0.1, -0.05) is 36.7 Å². The Morgan fingerprint density at radius 2 is 1.50 bits per heavy atom. The maximum Gasteiger partial charge on any atom is 0.0472 e. The maximum absolute atomic E-state index is 5.54. The lowest BCUT2D eigenvalue weighted by Gasteiger charge is -2.39. The molecule has 20 heavy (non-hydrogen) atoms. The van der Waals surface area contributed by atoms with Crippen LogP contribution in [0.4, 0.5) is 0 Å². The molecule has 0 radical (unpaired) electrons.